The quantitative estimate of drug-likeness (QED) is 0.249. The van der Waals surface area contributed by atoms with E-state index in [2.05, 4.69) is 36.3 Å². The maximum atomic E-state index is 13.6. The topological polar surface area (TPSA) is 185 Å². The van der Waals surface area contributed by atoms with Gasteiger partial charge < -0.3 is 30.6 Å². The van der Waals surface area contributed by atoms with Crippen molar-refractivity contribution >= 4 is 46.8 Å². The highest BCUT2D eigenvalue weighted by atomic mass is 35.5. The van der Waals surface area contributed by atoms with Crippen LogP contribution in [0.15, 0.2) is 54.9 Å². The summed E-state index contributed by atoms with van der Waals surface area (Å²) >= 11 is 6.10. The van der Waals surface area contributed by atoms with Crippen molar-refractivity contribution in [3.05, 3.63) is 71.4 Å². The summed E-state index contributed by atoms with van der Waals surface area (Å²) in [6.45, 7) is 6.80. The van der Waals surface area contributed by atoms with Crippen molar-refractivity contribution in [1.29, 1.82) is 0 Å². The Morgan fingerprint density at radius 1 is 0.900 bits per heavy atom. The fourth-order valence-electron chi connectivity index (χ4n) is 5.58. The molecule has 0 spiro atoms. The summed E-state index contributed by atoms with van der Waals surface area (Å²) in [4.78, 5) is 77.3. The van der Waals surface area contributed by atoms with Crippen LogP contribution in [0.2, 0.25) is 5.02 Å². The number of aromatic nitrogens is 5. The molecule has 4 N–H and O–H groups in total. The molecule has 4 heterocycles. The Balaban J connectivity index is 1.42. The van der Waals surface area contributed by atoms with E-state index in [0.717, 1.165) is 5.56 Å². The largest absolute Gasteiger partial charge is 0.354 e. The first kappa shape index (κ1) is 36.0. The van der Waals surface area contributed by atoms with Crippen LogP contribution in [-0.2, 0) is 25.7 Å². The summed E-state index contributed by atoms with van der Waals surface area (Å²) < 4.78 is 3.06. The van der Waals surface area contributed by atoms with Crippen molar-refractivity contribution in [2.45, 2.75) is 65.2 Å². The van der Waals surface area contributed by atoms with Crippen LogP contribution in [0.1, 0.15) is 62.9 Å². The molecule has 1 aliphatic rings. The van der Waals surface area contributed by atoms with Gasteiger partial charge in [-0.05, 0) is 44.7 Å². The molecule has 1 aliphatic heterocycles. The van der Waals surface area contributed by atoms with Crippen LogP contribution in [0.5, 0.6) is 0 Å². The summed E-state index contributed by atoms with van der Waals surface area (Å²) in [5, 5.41) is 16.2. The predicted octanol–water partition coefficient (Wildman–Crippen LogP) is 2.12. The van der Waals surface area contributed by atoms with Gasteiger partial charge >= 0.3 is 0 Å². The number of pyridine rings is 1. The lowest BCUT2D eigenvalue weighted by atomic mass is 10.0. The highest BCUT2D eigenvalue weighted by molar-refractivity contribution is 6.30. The predicted molar refractivity (Wildman–Crippen MR) is 185 cm³/mol. The molecule has 3 aromatic heterocycles. The standard InChI is InChI=1S/C34H41ClN10O5/c1-20(2)15-25-33(49)38-21(3)31-41-30(23-9-6-5-7-10-23)42-45(31)19-28(46)36-13-8-14-43(18-29(47)37-22(4)32(48)40-25)34(50)26-17-44-16-24(35)11-12-27(44)39-26/h5-7,9-12,16-17,20-22,25H,8,13-15,18-19H2,1-4H3,(H,36,46)(H,37,47)(H,38,49)(H,40,48)/t21-,22+,25+/m0/s1. The maximum Gasteiger partial charge on any atom is 0.274 e. The van der Waals surface area contributed by atoms with Crippen molar-refractivity contribution < 1.29 is 24.0 Å². The minimum Gasteiger partial charge on any atom is -0.354 e. The Hall–Kier alpha value is -5.31. The molecule has 264 valence electrons. The summed E-state index contributed by atoms with van der Waals surface area (Å²) in [5.74, 6) is -1.70. The summed E-state index contributed by atoms with van der Waals surface area (Å²) in [7, 11) is 0. The van der Waals surface area contributed by atoms with Crippen LogP contribution in [0.4, 0.5) is 0 Å². The second kappa shape index (κ2) is 15.9. The molecule has 5 rings (SSSR count). The highest BCUT2D eigenvalue weighted by Gasteiger charge is 2.29. The van der Waals surface area contributed by atoms with Crippen molar-refractivity contribution in [1.82, 2.24) is 50.3 Å². The number of imidazole rings is 1. The van der Waals surface area contributed by atoms with Crippen LogP contribution in [0.25, 0.3) is 17.0 Å². The Labute approximate surface area is 294 Å². The average molecular weight is 705 g/mol. The number of nitrogens with zero attached hydrogens (tertiary/aromatic N) is 6. The first-order valence-electron chi connectivity index (χ1n) is 16.5. The number of hydrogen-bond acceptors (Lipinski definition) is 8. The minimum atomic E-state index is -1.02. The van der Waals surface area contributed by atoms with Crippen LogP contribution in [-0.4, -0.2) is 90.3 Å². The van der Waals surface area contributed by atoms with Crippen LogP contribution >= 0.6 is 11.6 Å². The van der Waals surface area contributed by atoms with Gasteiger partial charge in [0.1, 0.15) is 35.8 Å². The number of halogens is 1. The Bertz CT molecular complexity index is 1870. The van der Waals surface area contributed by atoms with E-state index in [0.29, 0.717) is 35.2 Å². The number of fused-ring (bicyclic) bond motifs is 2. The molecular formula is C34H41ClN10O5. The third-order valence-corrected chi connectivity index (χ3v) is 8.29. The van der Waals surface area contributed by atoms with Crippen molar-refractivity contribution in [2.75, 3.05) is 19.6 Å². The minimum absolute atomic E-state index is 0.0418. The molecule has 3 atom stereocenters. The Morgan fingerprint density at radius 2 is 1.66 bits per heavy atom. The van der Waals surface area contributed by atoms with Crippen molar-refractivity contribution in [3.8, 4) is 11.4 Å². The van der Waals surface area contributed by atoms with E-state index >= 15 is 0 Å². The lowest BCUT2D eigenvalue weighted by molar-refractivity contribution is -0.132. The lowest BCUT2D eigenvalue weighted by Gasteiger charge is -2.25. The first-order valence-corrected chi connectivity index (χ1v) is 16.9. The number of carbonyl (C=O) groups is 5. The highest BCUT2D eigenvalue weighted by Crippen LogP contribution is 2.20. The number of carbonyl (C=O) groups excluding carboxylic acids is 5. The summed E-state index contributed by atoms with van der Waals surface area (Å²) in [5.41, 5.74) is 1.33. The second-order valence-electron chi connectivity index (χ2n) is 12.7. The molecule has 0 bridgehead atoms. The first-order chi connectivity index (χ1) is 23.9. The van der Waals surface area contributed by atoms with Gasteiger partial charge in [0, 0.05) is 31.0 Å². The number of benzene rings is 1. The number of rotatable bonds is 4. The molecule has 5 amide bonds. The van der Waals surface area contributed by atoms with Crippen LogP contribution in [0.3, 0.4) is 0 Å². The van der Waals surface area contributed by atoms with Gasteiger partial charge in [0.15, 0.2) is 5.82 Å². The van der Waals surface area contributed by atoms with Crippen LogP contribution in [0, 0.1) is 5.92 Å². The average Bonchev–Trinajstić information content (AvgIpc) is 3.69. The van der Waals surface area contributed by atoms with Gasteiger partial charge in [0.05, 0.1) is 17.6 Å². The number of amides is 5. The molecule has 15 nitrogen and oxygen atoms in total. The third-order valence-electron chi connectivity index (χ3n) is 8.07. The van der Waals surface area contributed by atoms with Crippen molar-refractivity contribution in [2.24, 2.45) is 5.92 Å². The molecule has 0 unspecified atom stereocenters. The molecule has 16 heteroatoms. The molecule has 0 saturated carbocycles. The zero-order chi connectivity index (χ0) is 35.9. The molecule has 50 heavy (non-hydrogen) atoms. The molecule has 0 saturated heterocycles. The van der Waals surface area contributed by atoms with E-state index in [1.807, 2.05) is 44.2 Å². The third kappa shape index (κ3) is 9.02. The lowest BCUT2D eigenvalue weighted by Crippen LogP contribution is -2.54. The Morgan fingerprint density at radius 3 is 2.40 bits per heavy atom. The van der Waals surface area contributed by atoms with E-state index in [4.69, 9.17) is 11.6 Å². The summed E-state index contributed by atoms with van der Waals surface area (Å²) in [6.07, 6.45) is 3.76. The smallest absolute Gasteiger partial charge is 0.274 e. The molecule has 0 radical (unpaired) electrons. The van der Waals surface area contributed by atoms with Gasteiger partial charge in [-0.25, -0.2) is 14.6 Å². The number of hydrogen-bond donors (Lipinski definition) is 4. The van der Waals surface area contributed by atoms with E-state index in [1.165, 1.54) is 22.7 Å². The summed E-state index contributed by atoms with van der Waals surface area (Å²) in [6, 6.07) is 9.96. The van der Waals surface area contributed by atoms with Gasteiger partial charge in [-0.15, -0.1) is 0 Å². The van der Waals surface area contributed by atoms with E-state index in [9.17, 15) is 24.0 Å². The fourth-order valence-corrected chi connectivity index (χ4v) is 5.74. The zero-order valence-corrected chi connectivity index (χ0v) is 29.1. The molecule has 1 aromatic carbocycles. The number of nitrogens with one attached hydrogen (secondary N) is 4. The zero-order valence-electron chi connectivity index (χ0n) is 28.4. The van der Waals surface area contributed by atoms with Gasteiger partial charge in [-0.2, -0.15) is 5.10 Å². The molecular weight excluding hydrogens is 664 g/mol. The van der Waals surface area contributed by atoms with Gasteiger partial charge in [0.2, 0.25) is 23.6 Å². The van der Waals surface area contributed by atoms with E-state index in [-0.39, 0.29) is 43.7 Å². The monoisotopic (exact) mass is 704 g/mol. The van der Waals surface area contributed by atoms with Gasteiger partial charge in [-0.1, -0.05) is 55.8 Å². The molecule has 0 aliphatic carbocycles. The Kier molecular flexibility index (Phi) is 11.5. The second-order valence-corrected chi connectivity index (χ2v) is 13.1. The van der Waals surface area contributed by atoms with E-state index < -0.39 is 41.8 Å². The molecule has 0 fully saturated rings. The van der Waals surface area contributed by atoms with Crippen LogP contribution < -0.4 is 21.3 Å². The molecule has 4 aromatic rings. The fraction of sp³-hybridized carbons (Fsp3) is 0.412. The SMILES string of the molecule is CC(C)C[C@H]1NC(=O)[C@@H](C)NC(=O)CN(C(=O)c2cn3cc(Cl)ccc3n2)CCCNC(=O)Cn2nc(-c3ccccc3)nc2[C@H](C)NC1=O. The normalized spacial score (nSPS) is 20.2. The van der Waals surface area contributed by atoms with Gasteiger partial charge in [-0.3, -0.25) is 24.0 Å². The van der Waals surface area contributed by atoms with Crippen molar-refractivity contribution in [3.63, 3.8) is 0 Å². The maximum absolute atomic E-state index is 13.6. The van der Waals surface area contributed by atoms with Gasteiger partial charge in [0.25, 0.3) is 5.91 Å². The van der Waals surface area contributed by atoms with E-state index in [1.54, 1.807) is 29.7 Å².